The first-order valence-corrected chi connectivity index (χ1v) is 8.18. The molecule has 3 aliphatic rings. The van der Waals surface area contributed by atoms with Gasteiger partial charge in [-0.2, -0.15) is 0 Å². The Morgan fingerprint density at radius 3 is 2.76 bits per heavy atom. The smallest absolute Gasteiger partial charge is 0.157 e. The van der Waals surface area contributed by atoms with Gasteiger partial charge in [-0.25, -0.2) is 0 Å². The second kappa shape index (κ2) is 5.21. The molecule has 2 fully saturated rings. The van der Waals surface area contributed by atoms with Crippen LogP contribution in [0.2, 0.25) is 0 Å². The molecule has 3 rings (SSSR count). The molecule has 0 aromatic rings. The molecule has 3 atom stereocenters. The van der Waals surface area contributed by atoms with Gasteiger partial charge in [-0.1, -0.05) is 37.9 Å². The van der Waals surface area contributed by atoms with Crippen molar-refractivity contribution in [3.05, 3.63) is 0 Å². The fourth-order valence-electron chi connectivity index (χ4n) is 3.05. The Labute approximate surface area is 109 Å². The summed E-state index contributed by atoms with van der Waals surface area (Å²) in [6.45, 7) is 3.47. The Bertz CT molecular complexity index is 299. The lowest BCUT2D eigenvalue weighted by atomic mass is 9.97. The average molecular weight is 252 g/mol. The zero-order chi connectivity index (χ0) is 11.7. The third-order valence-electron chi connectivity index (χ3n) is 4.50. The highest BCUT2D eigenvalue weighted by atomic mass is 32.2. The molecule has 0 spiro atoms. The number of aliphatic imine (C=N–C) groups is 1. The monoisotopic (exact) mass is 252 g/mol. The van der Waals surface area contributed by atoms with Gasteiger partial charge in [-0.15, -0.1) is 0 Å². The topological polar surface area (TPSA) is 24.4 Å². The molecule has 2 nitrogen and oxygen atoms in total. The first-order chi connectivity index (χ1) is 8.33. The maximum absolute atomic E-state index is 4.71. The van der Waals surface area contributed by atoms with Crippen molar-refractivity contribution < 1.29 is 0 Å². The SMILES string of the molecule is CC1CCCCCC1NC1=NCC(C2CC2)S1. The molecule has 0 bridgehead atoms. The minimum atomic E-state index is 0.682. The number of rotatable bonds is 2. The van der Waals surface area contributed by atoms with E-state index < -0.39 is 0 Å². The van der Waals surface area contributed by atoms with Gasteiger partial charge in [0.05, 0.1) is 6.54 Å². The first-order valence-electron chi connectivity index (χ1n) is 7.30. The maximum Gasteiger partial charge on any atom is 0.157 e. The van der Waals surface area contributed by atoms with Crippen LogP contribution in [0.5, 0.6) is 0 Å². The number of hydrogen-bond acceptors (Lipinski definition) is 3. The van der Waals surface area contributed by atoms with E-state index in [4.69, 9.17) is 4.99 Å². The van der Waals surface area contributed by atoms with Crippen LogP contribution in [0, 0.1) is 11.8 Å². The highest BCUT2D eigenvalue weighted by Crippen LogP contribution is 2.41. The zero-order valence-corrected chi connectivity index (χ0v) is 11.6. The van der Waals surface area contributed by atoms with Crippen LogP contribution in [0.4, 0.5) is 0 Å². The quantitative estimate of drug-likeness (QED) is 0.762. The van der Waals surface area contributed by atoms with Gasteiger partial charge in [-0.05, 0) is 37.5 Å². The largest absolute Gasteiger partial charge is 0.362 e. The van der Waals surface area contributed by atoms with Crippen LogP contribution in [-0.4, -0.2) is 23.0 Å². The standard InChI is InChI=1S/C14H24N2S/c1-10-5-3-2-4-6-12(10)16-14-15-9-13(17-14)11-7-8-11/h10-13H,2-9H2,1H3,(H,15,16). The molecule has 0 saturated heterocycles. The number of hydrogen-bond donors (Lipinski definition) is 1. The summed E-state index contributed by atoms with van der Waals surface area (Å²) in [5.74, 6) is 1.80. The van der Waals surface area contributed by atoms with Gasteiger partial charge in [-0.3, -0.25) is 4.99 Å². The van der Waals surface area contributed by atoms with E-state index in [0.717, 1.165) is 23.6 Å². The normalized spacial score (nSPS) is 38.6. The molecule has 0 aromatic heterocycles. The van der Waals surface area contributed by atoms with E-state index in [1.807, 2.05) is 11.8 Å². The molecule has 17 heavy (non-hydrogen) atoms. The molecule has 1 aliphatic heterocycles. The third-order valence-corrected chi connectivity index (χ3v) is 5.80. The van der Waals surface area contributed by atoms with E-state index in [1.54, 1.807) is 0 Å². The van der Waals surface area contributed by atoms with Gasteiger partial charge in [0.25, 0.3) is 0 Å². The Kier molecular flexibility index (Phi) is 3.64. The molecule has 0 amide bonds. The number of nitrogens with one attached hydrogen (secondary N) is 1. The van der Waals surface area contributed by atoms with Crippen molar-refractivity contribution in [3.63, 3.8) is 0 Å². The highest BCUT2D eigenvalue weighted by molar-refractivity contribution is 8.14. The lowest BCUT2D eigenvalue weighted by Crippen LogP contribution is -2.37. The first kappa shape index (κ1) is 11.9. The van der Waals surface area contributed by atoms with Crippen molar-refractivity contribution in [2.75, 3.05) is 6.54 Å². The second-order valence-electron chi connectivity index (χ2n) is 6.01. The summed E-state index contributed by atoms with van der Waals surface area (Å²) in [5, 5.41) is 5.79. The maximum atomic E-state index is 4.71. The summed E-state index contributed by atoms with van der Waals surface area (Å²) in [6.07, 6.45) is 9.86. The van der Waals surface area contributed by atoms with Crippen molar-refractivity contribution in [2.24, 2.45) is 16.8 Å². The van der Waals surface area contributed by atoms with Crippen molar-refractivity contribution in [1.82, 2.24) is 5.32 Å². The van der Waals surface area contributed by atoms with Gasteiger partial charge >= 0.3 is 0 Å². The fraction of sp³-hybridized carbons (Fsp3) is 0.929. The summed E-state index contributed by atoms with van der Waals surface area (Å²) in [6, 6.07) is 0.682. The molecule has 3 heteroatoms. The molecule has 0 aromatic carbocycles. The fourth-order valence-corrected chi connectivity index (χ4v) is 4.32. The van der Waals surface area contributed by atoms with Crippen LogP contribution >= 0.6 is 11.8 Å². The number of amidine groups is 1. The van der Waals surface area contributed by atoms with Crippen LogP contribution in [0.25, 0.3) is 0 Å². The van der Waals surface area contributed by atoms with Gasteiger partial charge in [0.15, 0.2) is 5.17 Å². The van der Waals surface area contributed by atoms with Crippen molar-refractivity contribution in [3.8, 4) is 0 Å². The van der Waals surface area contributed by atoms with E-state index in [9.17, 15) is 0 Å². The van der Waals surface area contributed by atoms with Gasteiger partial charge in [0, 0.05) is 11.3 Å². The lowest BCUT2D eigenvalue weighted by Gasteiger charge is -2.23. The molecule has 96 valence electrons. The Hall–Kier alpha value is -0.180. The molecule has 1 heterocycles. The second-order valence-corrected chi connectivity index (χ2v) is 7.23. The Balaban J connectivity index is 1.51. The van der Waals surface area contributed by atoms with Crippen LogP contribution < -0.4 is 5.32 Å². The molecule has 2 saturated carbocycles. The highest BCUT2D eigenvalue weighted by Gasteiger charge is 2.36. The van der Waals surface area contributed by atoms with E-state index in [1.165, 1.54) is 50.1 Å². The van der Waals surface area contributed by atoms with Crippen molar-refractivity contribution in [1.29, 1.82) is 0 Å². The number of thioether (sulfide) groups is 1. The lowest BCUT2D eigenvalue weighted by molar-refractivity contribution is 0.402. The van der Waals surface area contributed by atoms with Crippen molar-refractivity contribution >= 4 is 16.9 Å². The van der Waals surface area contributed by atoms with E-state index >= 15 is 0 Å². The van der Waals surface area contributed by atoms with Crippen LogP contribution in [0.3, 0.4) is 0 Å². The minimum absolute atomic E-state index is 0.682. The summed E-state index contributed by atoms with van der Waals surface area (Å²) >= 11 is 2.02. The number of nitrogens with zero attached hydrogens (tertiary/aromatic N) is 1. The molecular weight excluding hydrogens is 228 g/mol. The van der Waals surface area contributed by atoms with Gasteiger partial charge < -0.3 is 5.32 Å². The van der Waals surface area contributed by atoms with Gasteiger partial charge in [0.1, 0.15) is 0 Å². The zero-order valence-electron chi connectivity index (χ0n) is 10.8. The predicted octanol–water partition coefficient (Wildman–Crippen LogP) is 3.43. The van der Waals surface area contributed by atoms with Gasteiger partial charge in [0.2, 0.25) is 0 Å². The Morgan fingerprint density at radius 2 is 1.94 bits per heavy atom. The molecular formula is C14H24N2S. The molecule has 0 radical (unpaired) electrons. The summed E-state index contributed by atoms with van der Waals surface area (Å²) in [7, 11) is 0. The molecule has 3 unspecified atom stereocenters. The summed E-state index contributed by atoms with van der Waals surface area (Å²) in [4.78, 5) is 4.71. The summed E-state index contributed by atoms with van der Waals surface area (Å²) < 4.78 is 0. The Morgan fingerprint density at radius 1 is 1.12 bits per heavy atom. The van der Waals surface area contributed by atoms with Crippen LogP contribution in [-0.2, 0) is 0 Å². The van der Waals surface area contributed by atoms with Crippen LogP contribution in [0.15, 0.2) is 4.99 Å². The van der Waals surface area contributed by atoms with E-state index in [2.05, 4.69) is 12.2 Å². The predicted molar refractivity (Wildman–Crippen MR) is 75.6 cm³/mol. The molecule has 2 aliphatic carbocycles. The van der Waals surface area contributed by atoms with Crippen LogP contribution in [0.1, 0.15) is 51.9 Å². The molecule has 1 N–H and O–H groups in total. The third kappa shape index (κ3) is 2.98. The minimum Gasteiger partial charge on any atom is -0.362 e. The van der Waals surface area contributed by atoms with E-state index in [0.29, 0.717) is 6.04 Å². The van der Waals surface area contributed by atoms with E-state index in [-0.39, 0.29) is 0 Å². The summed E-state index contributed by atoms with van der Waals surface area (Å²) in [5.41, 5.74) is 0. The van der Waals surface area contributed by atoms with Crippen molar-refractivity contribution in [2.45, 2.75) is 63.2 Å². The average Bonchev–Trinajstić information content (AvgIpc) is 3.09.